The Kier molecular flexibility index (Phi) is 4.92. The number of pyridine rings is 1. The largest absolute Gasteiger partial charge is 0.395 e. The average molecular weight is 301 g/mol. The number of sulfonamides is 1. The predicted molar refractivity (Wildman–Crippen MR) is 74.0 cm³/mol. The van der Waals surface area contributed by atoms with Crippen LogP contribution in [-0.4, -0.2) is 61.8 Å². The third-order valence-electron chi connectivity index (χ3n) is 3.12. The molecule has 0 radical (unpaired) electrons. The van der Waals surface area contributed by atoms with E-state index < -0.39 is 16.1 Å². The fraction of sp³-hybridized carbons (Fsp3) is 0.583. The third-order valence-corrected chi connectivity index (χ3v) is 5.10. The SMILES string of the molecule is CCNc1ccncc1S(=O)(=O)N1CCOCC1CO. The molecule has 1 atom stereocenters. The van der Waals surface area contributed by atoms with Crippen LogP contribution in [0.2, 0.25) is 0 Å². The topological polar surface area (TPSA) is 91.8 Å². The molecule has 1 aliphatic heterocycles. The van der Waals surface area contributed by atoms with E-state index >= 15 is 0 Å². The normalized spacial score (nSPS) is 20.8. The Hall–Kier alpha value is -1.22. The van der Waals surface area contributed by atoms with E-state index in [0.717, 1.165) is 0 Å². The van der Waals surface area contributed by atoms with Gasteiger partial charge in [-0.05, 0) is 13.0 Å². The van der Waals surface area contributed by atoms with Crippen molar-refractivity contribution in [3.63, 3.8) is 0 Å². The third kappa shape index (κ3) is 2.93. The van der Waals surface area contributed by atoms with Gasteiger partial charge in [0.25, 0.3) is 0 Å². The van der Waals surface area contributed by atoms with E-state index in [1.807, 2.05) is 6.92 Å². The number of hydrogen-bond donors (Lipinski definition) is 2. The molecule has 1 unspecified atom stereocenters. The van der Waals surface area contributed by atoms with Crippen molar-refractivity contribution in [3.05, 3.63) is 18.5 Å². The maximum absolute atomic E-state index is 12.7. The first kappa shape index (κ1) is 15.2. The van der Waals surface area contributed by atoms with Gasteiger partial charge in [-0.15, -0.1) is 0 Å². The Morgan fingerprint density at radius 3 is 3.10 bits per heavy atom. The van der Waals surface area contributed by atoms with Crippen LogP contribution in [-0.2, 0) is 14.8 Å². The van der Waals surface area contributed by atoms with Crippen LogP contribution < -0.4 is 5.32 Å². The van der Waals surface area contributed by atoms with Gasteiger partial charge in [-0.3, -0.25) is 4.98 Å². The molecule has 0 saturated carbocycles. The molecular formula is C12H19N3O4S. The average Bonchev–Trinajstić information content (AvgIpc) is 2.48. The summed E-state index contributed by atoms with van der Waals surface area (Å²) in [4.78, 5) is 4.03. The predicted octanol–water partition coefficient (Wildman–Crippen LogP) is -0.105. The first-order valence-electron chi connectivity index (χ1n) is 6.49. The molecule has 8 heteroatoms. The van der Waals surface area contributed by atoms with Crippen molar-refractivity contribution >= 4 is 15.7 Å². The highest BCUT2D eigenvalue weighted by molar-refractivity contribution is 7.89. The second kappa shape index (κ2) is 6.49. The summed E-state index contributed by atoms with van der Waals surface area (Å²) in [5.41, 5.74) is 0.519. The number of anilines is 1. The summed E-state index contributed by atoms with van der Waals surface area (Å²) in [6.45, 7) is 2.99. The number of hydrogen-bond acceptors (Lipinski definition) is 6. The van der Waals surface area contributed by atoms with Crippen molar-refractivity contribution < 1.29 is 18.3 Å². The Labute approximate surface area is 118 Å². The van der Waals surface area contributed by atoms with E-state index in [4.69, 9.17) is 4.74 Å². The van der Waals surface area contributed by atoms with Crippen molar-refractivity contribution in [1.29, 1.82) is 0 Å². The van der Waals surface area contributed by atoms with E-state index in [0.29, 0.717) is 18.8 Å². The molecule has 1 saturated heterocycles. The minimum atomic E-state index is -3.71. The minimum absolute atomic E-state index is 0.127. The standard InChI is InChI=1S/C12H19N3O4S/c1-2-14-11-3-4-13-7-12(11)20(17,18)15-5-6-19-9-10(15)8-16/h3-4,7,10,16H,2,5-6,8-9H2,1H3,(H,13,14). The van der Waals surface area contributed by atoms with Crippen LogP contribution in [0.4, 0.5) is 5.69 Å². The molecule has 1 aliphatic rings. The molecule has 7 nitrogen and oxygen atoms in total. The second-order valence-corrected chi connectivity index (χ2v) is 6.29. The molecule has 0 aliphatic carbocycles. The smallest absolute Gasteiger partial charge is 0.247 e. The number of nitrogens with one attached hydrogen (secondary N) is 1. The van der Waals surface area contributed by atoms with Gasteiger partial charge in [-0.1, -0.05) is 0 Å². The highest BCUT2D eigenvalue weighted by Gasteiger charge is 2.35. The molecule has 0 aromatic carbocycles. The number of nitrogens with zero attached hydrogens (tertiary/aromatic N) is 2. The molecule has 2 heterocycles. The summed E-state index contributed by atoms with van der Waals surface area (Å²) < 4.78 is 32.0. The molecule has 1 aromatic rings. The first-order valence-corrected chi connectivity index (χ1v) is 7.93. The zero-order valence-corrected chi connectivity index (χ0v) is 12.1. The summed E-state index contributed by atoms with van der Waals surface area (Å²) in [6, 6.07) is 1.08. The van der Waals surface area contributed by atoms with Gasteiger partial charge in [0.05, 0.1) is 31.5 Å². The lowest BCUT2D eigenvalue weighted by Crippen LogP contribution is -2.50. The highest BCUT2D eigenvalue weighted by Crippen LogP contribution is 2.26. The molecule has 1 fully saturated rings. The lowest BCUT2D eigenvalue weighted by molar-refractivity contribution is 0.0109. The number of aliphatic hydroxyl groups is 1. The Balaban J connectivity index is 2.38. The molecule has 2 rings (SSSR count). The monoisotopic (exact) mass is 301 g/mol. The molecule has 0 amide bonds. The molecule has 1 aromatic heterocycles. The van der Waals surface area contributed by atoms with Crippen LogP contribution in [0.5, 0.6) is 0 Å². The Morgan fingerprint density at radius 1 is 1.60 bits per heavy atom. The Bertz CT molecular complexity index is 549. The van der Waals surface area contributed by atoms with Gasteiger partial charge in [0, 0.05) is 25.5 Å². The summed E-state index contributed by atoms with van der Waals surface area (Å²) in [7, 11) is -3.71. The highest BCUT2D eigenvalue weighted by atomic mass is 32.2. The zero-order chi connectivity index (χ0) is 14.6. The van der Waals surface area contributed by atoms with Crippen LogP contribution in [0.3, 0.4) is 0 Å². The minimum Gasteiger partial charge on any atom is -0.395 e. The van der Waals surface area contributed by atoms with E-state index in [-0.39, 0.29) is 24.7 Å². The maximum Gasteiger partial charge on any atom is 0.247 e. The lowest BCUT2D eigenvalue weighted by Gasteiger charge is -2.33. The summed E-state index contributed by atoms with van der Waals surface area (Å²) >= 11 is 0. The Morgan fingerprint density at radius 2 is 2.40 bits per heavy atom. The molecule has 2 N–H and O–H groups in total. The van der Waals surface area contributed by atoms with Gasteiger partial charge in [-0.2, -0.15) is 4.31 Å². The van der Waals surface area contributed by atoms with Crippen molar-refractivity contribution in [3.8, 4) is 0 Å². The van der Waals surface area contributed by atoms with Crippen molar-refractivity contribution in [2.45, 2.75) is 17.9 Å². The van der Waals surface area contributed by atoms with Gasteiger partial charge < -0.3 is 15.2 Å². The van der Waals surface area contributed by atoms with Gasteiger partial charge in [0.2, 0.25) is 10.0 Å². The van der Waals surface area contributed by atoms with E-state index in [1.165, 1.54) is 10.5 Å². The lowest BCUT2D eigenvalue weighted by atomic mass is 10.3. The zero-order valence-electron chi connectivity index (χ0n) is 11.3. The van der Waals surface area contributed by atoms with E-state index in [1.54, 1.807) is 12.3 Å². The number of morpholine rings is 1. The molecular weight excluding hydrogens is 282 g/mol. The fourth-order valence-electron chi connectivity index (χ4n) is 2.15. The van der Waals surface area contributed by atoms with Crippen LogP contribution in [0, 0.1) is 0 Å². The van der Waals surface area contributed by atoms with Crippen LogP contribution in [0.1, 0.15) is 6.92 Å². The van der Waals surface area contributed by atoms with Gasteiger partial charge in [0.15, 0.2) is 0 Å². The molecule has 112 valence electrons. The van der Waals surface area contributed by atoms with Crippen molar-refractivity contribution in [2.75, 3.05) is 38.2 Å². The summed E-state index contributed by atoms with van der Waals surface area (Å²) in [5.74, 6) is 0. The number of aromatic nitrogens is 1. The number of ether oxygens (including phenoxy) is 1. The first-order chi connectivity index (χ1) is 9.61. The quantitative estimate of drug-likeness (QED) is 0.789. The molecule has 0 bridgehead atoms. The molecule has 20 heavy (non-hydrogen) atoms. The van der Waals surface area contributed by atoms with Gasteiger partial charge in [0.1, 0.15) is 4.90 Å². The van der Waals surface area contributed by atoms with E-state index in [9.17, 15) is 13.5 Å². The molecule has 0 spiro atoms. The van der Waals surface area contributed by atoms with Crippen LogP contribution in [0.15, 0.2) is 23.4 Å². The van der Waals surface area contributed by atoms with Crippen molar-refractivity contribution in [1.82, 2.24) is 9.29 Å². The van der Waals surface area contributed by atoms with Crippen LogP contribution in [0.25, 0.3) is 0 Å². The van der Waals surface area contributed by atoms with Gasteiger partial charge in [-0.25, -0.2) is 8.42 Å². The van der Waals surface area contributed by atoms with Gasteiger partial charge >= 0.3 is 0 Å². The van der Waals surface area contributed by atoms with Crippen LogP contribution >= 0.6 is 0 Å². The summed E-state index contributed by atoms with van der Waals surface area (Å²) in [5, 5.41) is 12.3. The second-order valence-electron chi connectivity index (χ2n) is 4.43. The number of aliphatic hydroxyl groups excluding tert-OH is 1. The maximum atomic E-state index is 12.7. The van der Waals surface area contributed by atoms with E-state index in [2.05, 4.69) is 10.3 Å². The van der Waals surface area contributed by atoms with Crippen molar-refractivity contribution in [2.24, 2.45) is 0 Å². The fourth-order valence-corrected chi connectivity index (χ4v) is 3.85. The summed E-state index contributed by atoms with van der Waals surface area (Å²) in [6.07, 6.45) is 2.87. The number of rotatable bonds is 5.